The molecule has 0 aliphatic heterocycles. The van der Waals surface area contributed by atoms with Crippen LogP contribution in [0.4, 0.5) is 8.78 Å². The van der Waals surface area contributed by atoms with E-state index in [0.717, 1.165) is 23.9 Å². The van der Waals surface area contributed by atoms with Crippen LogP contribution in [0, 0.1) is 11.6 Å². The van der Waals surface area contributed by atoms with E-state index in [1.807, 2.05) is 0 Å². The molecule has 0 bridgehead atoms. The third-order valence-electron chi connectivity index (χ3n) is 3.94. The van der Waals surface area contributed by atoms with Gasteiger partial charge >= 0.3 is 0 Å². The molecule has 0 amide bonds. The summed E-state index contributed by atoms with van der Waals surface area (Å²) >= 11 is 1.04. The van der Waals surface area contributed by atoms with E-state index in [2.05, 4.69) is 4.98 Å². The minimum atomic E-state index is -1.09. The van der Waals surface area contributed by atoms with Crippen molar-refractivity contribution in [2.45, 2.75) is 18.1 Å². The van der Waals surface area contributed by atoms with Gasteiger partial charge in [0.05, 0.1) is 16.7 Å². The Morgan fingerprint density at radius 3 is 2.67 bits per heavy atom. The number of aromatic nitrogens is 2. The van der Waals surface area contributed by atoms with Crippen LogP contribution in [0.15, 0.2) is 52.4 Å². The topological polar surface area (TPSA) is 72.2 Å². The van der Waals surface area contributed by atoms with E-state index in [1.54, 1.807) is 24.3 Å². The monoisotopic (exact) mass is 390 g/mol. The molecule has 0 saturated heterocycles. The first kappa shape index (κ1) is 19.2. The van der Waals surface area contributed by atoms with Crippen molar-refractivity contribution in [1.82, 2.24) is 9.55 Å². The maximum Gasteiger partial charge on any atom is 0.262 e. The second kappa shape index (κ2) is 8.41. The van der Waals surface area contributed by atoms with Crippen LogP contribution in [0.3, 0.4) is 0 Å². The standard InChI is InChI=1S/C19H16F2N2O3S/c20-14-7-6-12(10-15(14)21)17(25)11-27-19-22-16-5-2-1-4-13(16)18(26)23(19)8-3-9-24/h1-2,4-7,10,24H,3,8-9,11H2. The van der Waals surface area contributed by atoms with Gasteiger partial charge in [-0.1, -0.05) is 23.9 Å². The molecule has 0 aliphatic carbocycles. The molecule has 0 saturated carbocycles. The number of hydrogen-bond acceptors (Lipinski definition) is 5. The highest BCUT2D eigenvalue weighted by Crippen LogP contribution is 2.20. The highest BCUT2D eigenvalue weighted by Gasteiger charge is 2.15. The number of ketones is 1. The third-order valence-corrected chi connectivity index (χ3v) is 4.92. The fourth-order valence-electron chi connectivity index (χ4n) is 2.57. The predicted molar refractivity (Wildman–Crippen MR) is 99.1 cm³/mol. The van der Waals surface area contributed by atoms with Gasteiger partial charge in [0.2, 0.25) is 0 Å². The van der Waals surface area contributed by atoms with E-state index >= 15 is 0 Å². The Balaban J connectivity index is 1.89. The molecule has 3 aromatic rings. The zero-order chi connectivity index (χ0) is 19.4. The van der Waals surface area contributed by atoms with Crippen molar-refractivity contribution in [3.63, 3.8) is 0 Å². The maximum absolute atomic E-state index is 13.3. The highest BCUT2D eigenvalue weighted by molar-refractivity contribution is 7.99. The quantitative estimate of drug-likeness (QED) is 0.381. The molecule has 3 rings (SSSR count). The van der Waals surface area contributed by atoms with E-state index in [-0.39, 0.29) is 30.0 Å². The number of hydrogen-bond donors (Lipinski definition) is 1. The Bertz CT molecular complexity index is 1050. The number of fused-ring (bicyclic) bond motifs is 1. The van der Waals surface area contributed by atoms with Crippen LogP contribution in [0.5, 0.6) is 0 Å². The third kappa shape index (κ3) is 4.23. The maximum atomic E-state index is 13.3. The molecule has 1 N–H and O–H groups in total. The second-order valence-electron chi connectivity index (χ2n) is 5.79. The summed E-state index contributed by atoms with van der Waals surface area (Å²) < 4.78 is 27.8. The predicted octanol–water partition coefficient (Wildman–Crippen LogP) is 3.03. The number of aliphatic hydroxyl groups excluding tert-OH is 1. The first-order valence-corrected chi connectivity index (χ1v) is 9.21. The zero-order valence-electron chi connectivity index (χ0n) is 14.2. The number of aliphatic hydroxyl groups is 1. The van der Waals surface area contributed by atoms with Gasteiger partial charge in [0, 0.05) is 18.7 Å². The number of thioether (sulfide) groups is 1. The molecular formula is C19H16F2N2O3S. The summed E-state index contributed by atoms with van der Waals surface area (Å²) in [7, 11) is 0. The van der Waals surface area contributed by atoms with Crippen LogP contribution in [0.25, 0.3) is 10.9 Å². The van der Waals surface area contributed by atoms with Crippen molar-refractivity contribution in [3.05, 3.63) is 70.0 Å². The van der Waals surface area contributed by atoms with Crippen molar-refractivity contribution in [2.24, 2.45) is 0 Å². The van der Waals surface area contributed by atoms with Crippen LogP contribution in [-0.2, 0) is 6.54 Å². The van der Waals surface area contributed by atoms with Crippen molar-refractivity contribution in [1.29, 1.82) is 0 Å². The molecule has 0 atom stereocenters. The lowest BCUT2D eigenvalue weighted by atomic mass is 10.1. The summed E-state index contributed by atoms with van der Waals surface area (Å²) in [6.07, 6.45) is 0.366. The average Bonchev–Trinajstić information content (AvgIpc) is 2.67. The fourth-order valence-corrected chi connectivity index (χ4v) is 3.49. The summed E-state index contributed by atoms with van der Waals surface area (Å²) in [5.74, 6) is -2.60. The smallest absolute Gasteiger partial charge is 0.262 e. The summed E-state index contributed by atoms with van der Waals surface area (Å²) in [4.78, 5) is 29.4. The number of carbonyl (C=O) groups is 1. The summed E-state index contributed by atoms with van der Waals surface area (Å²) in [6, 6.07) is 9.84. The average molecular weight is 390 g/mol. The molecule has 140 valence electrons. The fraction of sp³-hybridized carbons (Fsp3) is 0.211. The number of halogens is 2. The number of carbonyl (C=O) groups excluding carboxylic acids is 1. The molecule has 1 heterocycles. The van der Waals surface area contributed by atoms with Gasteiger partial charge in [0.1, 0.15) is 0 Å². The summed E-state index contributed by atoms with van der Waals surface area (Å²) in [5.41, 5.74) is 0.300. The van der Waals surface area contributed by atoms with E-state index < -0.39 is 17.4 Å². The van der Waals surface area contributed by atoms with Gasteiger partial charge in [0.15, 0.2) is 22.6 Å². The van der Waals surface area contributed by atoms with Gasteiger partial charge in [-0.05, 0) is 36.8 Å². The molecule has 2 aromatic carbocycles. The Morgan fingerprint density at radius 1 is 1.15 bits per heavy atom. The molecule has 0 radical (unpaired) electrons. The highest BCUT2D eigenvalue weighted by atomic mass is 32.2. The lowest BCUT2D eigenvalue weighted by Gasteiger charge is -2.12. The molecule has 1 aromatic heterocycles. The van der Waals surface area contributed by atoms with Crippen LogP contribution in [0.1, 0.15) is 16.8 Å². The lowest BCUT2D eigenvalue weighted by Crippen LogP contribution is -2.24. The molecule has 0 fully saturated rings. The number of benzene rings is 2. The second-order valence-corrected chi connectivity index (χ2v) is 6.73. The van der Waals surface area contributed by atoms with Crippen molar-refractivity contribution < 1.29 is 18.7 Å². The van der Waals surface area contributed by atoms with Gasteiger partial charge in [-0.2, -0.15) is 0 Å². The normalized spacial score (nSPS) is 11.1. The first-order valence-electron chi connectivity index (χ1n) is 8.22. The number of para-hydroxylation sites is 1. The molecule has 0 unspecified atom stereocenters. The molecule has 27 heavy (non-hydrogen) atoms. The van der Waals surface area contributed by atoms with Crippen LogP contribution in [-0.4, -0.2) is 32.8 Å². The van der Waals surface area contributed by atoms with E-state index in [0.29, 0.717) is 22.5 Å². The van der Waals surface area contributed by atoms with Crippen molar-refractivity contribution in [2.75, 3.05) is 12.4 Å². The van der Waals surface area contributed by atoms with Crippen molar-refractivity contribution in [3.8, 4) is 0 Å². The largest absolute Gasteiger partial charge is 0.396 e. The Hall–Kier alpha value is -2.58. The Labute approximate surface area is 157 Å². The summed E-state index contributed by atoms with van der Waals surface area (Å²) in [6.45, 7) is 0.173. The van der Waals surface area contributed by atoms with Crippen LogP contribution >= 0.6 is 11.8 Å². The Kier molecular flexibility index (Phi) is 5.98. The molecular weight excluding hydrogens is 374 g/mol. The zero-order valence-corrected chi connectivity index (χ0v) is 15.0. The molecule has 5 nitrogen and oxygen atoms in total. The molecule has 0 spiro atoms. The minimum absolute atomic E-state index is 0.0476. The van der Waals surface area contributed by atoms with Crippen LogP contribution < -0.4 is 5.56 Å². The number of rotatable bonds is 7. The van der Waals surface area contributed by atoms with E-state index in [4.69, 9.17) is 5.11 Å². The van der Waals surface area contributed by atoms with E-state index in [9.17, 15) is 18.4 Å². The van der Waals surface area contributed by atoms with E-state index in [1.165, 1.54) is 10.6 Å². The lowest BCUT2D eigenvalue weighted by molar-refractivity contribution is 0.102. The Morgan fingerprint density at radius 2 is 1.93 bits per heavy atom. The van der Waals surface area contributed by atoms with Crippen LogP contribution in [0.2, 0.25) is 0 Å². The SMILES string of the molecule is O=C(CSc1nc2ccccc2c(=O)n1CCCO)c1ccc(F)c(F)c1. The van der Waals surface area contributed by atoms with Gasteiger partial charge in [-0.25, -0.2) is 13.8 Å². The van der Waals surface area contributed by atoms with Gasteiger partial charge in [-0.15, -0.1) is 0 Å². The molecule has 0 aliphatic rings. The van der Waals surface area contributed by atoms with Gasteiger partial charge in [0.25, 0.3) is 5.56 Å². The van der Waals surface area contributed by atoms with Gasteiger partial charge < -0.3 is 5.11 Å². The van der Waals surface area contributed by atoms with Crippen molar-refractivity contribution >= 4 is 28.4 Å². The number of nitrogens with zero attached hydrogens (tertiary/aromatic N) is 2. The first-order chi connectivity index (χ1) is 13.0. The summed E-state index contributed by atoms with van der Waals surface area (Å²) in [5, 5.41) is 9.86. The minimum Gasteiger partial charge on any atom is -0.396 e. The molecule has 8 heteroatoms. The number of Topliss-reactive ketones (excluding diaryl/α,β-unsaturated/α-hetero) is 1. The van der Waals surface area contributed by atoms with Gasteiger partial charge in [-0.3, -0.25) is 14.2 Å².